The van der Waals surface area contributed by atoms with Crippen LogP contribution in [0, 0.1) is 5.92 Å². The van der Waals surface area contributed by atoms with Crippen LogP contribution in [-0.4, -0.2) is 49.1 Å². The average molecular weight is 663 g/mol. The van der Waals surface area contributed by atoms with Gasteiger partial charge in [0.1, 0.15) is 11.1 Å². The molecule has 0 unspecified atom stereocenters. The number of amides is 2. The number of carbonyl (C=O) groups excluding carboxylic acids is 2. The molecular formula is C33H33F3N8O4. The van der Waals surface area contributed by atoms with E-state index in [4.69, 9.17) is 9.47 Å². The number of alkyl halides is 3. The molecule has 3 heterocycles. The van der Waals surface area contributed by atoms with Crippen molar-refractivity contribution in [2.24, 2.45) is 5.92 Å². The van der Waals surface area contributed by atoms with Crippen molar-refractivity contribution < 1.29 is 32.2 Å². The maximum Gasteiger partial charge on any atom is 0.420 e. The van der Waals surface area contributed by atoms with Gasteiger partial charge in [0.05, 0.1) is 31.1 Å². The summed E-state index contributed by atoms with van der Waals surface area (Å²) in [7, 11) is 1.16. The topological polar surface area (TPSA) is 137 Å². The Balaban J connectivity index is 1.30. The predicted molar refractivity (Wildman–Crippen MR) is 172 cm³/mol. The van der Waals surface area contributed by atoms with Crippen LogP contribution in [-0.2, 0) is 22.3 Å². The molecule has 0 saturated heterocycles. The van der Waals surface area contributed by atoms with Crippen LogP contribution in [0.3, 0.4) is 0 Å². The second kappa shape index (κ2) is 12.5. The molecule has 2 aromatic carbocycles. The standard InChI is InChI=1S/C33H33F3N8O4/c1-32(2,3)48-31(46)38-22-12-8-19(9-13-22)17-43-18-21(16-37-43)23-14-15-44-26(23)28(40-30(42-44)41-29(45)20-10-11-20)39-25-7-5-6-24(27(25)47-4)33(34,35)36/h5-9,12-16,18,20H,10-11,17H2,1-4H3,(H,38,46)(H2,39,40,41,42,45). The maximum absolute atomic E-state index is 13.8. The molecule has 3 N–H and O–H groups in total. The first-order valence-corrected chi connectivity index (χ1v) is 15.1. The van der Waals surface area contributed by atoms with Gasteiger partial charge in [-0.15, -0.1) is 5.10 Å². The number of nitrogens with one attached hydrogen (secondary N) is 3. The zero-order valence-corrected chi connectivity index (χ0v) is 26.6. The smallest absolute Gasteiger partial charge is 0.420 e. The molecule has 6 rings (SSSR count). The van der Waals surface area contributed by atoms with Crippen LogP contribution in [0.5, 0.6) is 5.75 Å². The molecular weight excluding hydrogens is 629 g/mol. The first-order chi connectivity index (χ1) is 22.8. The first-order valence-electron chi connectivity index (χ1n) is 15.1. The van der Waals surface area contributed by atoms with Crippen LogP contribution >= 0.6 is 0 Å². The largest absolute Gasteiger partial charge is 0.494 e. The molecule has 0 aliphatic heterocycles. The summed E-state index contributed by atoms with van der Waals surface area (Å²) in [5.41, 5.74) is 1.74. The van der Waals surface area contributed by atoms with E-state index in [0.29, 0.717) is 28.9 Å². The van der Waals surface area contributed by atoms with Gasteiger partial charge in [-0.25, -0.2) is 9.31 Å². The van der Waals surface area contributed by atoms with Crippen LogP contribution in [0.25, 0.3) is 16.6 Å². The van der Waals surface area contributed by atoms with Gasteiger partial charge >= 0.3 is 12.3 Å². The van der Waals surface area contributed by atoms with Crippen molar-refractivity contribution in [2.45, 2.75) is 51.9 Å². The Bertz CT molecular complexity index is 1980. The van der Waals surface area contributed by atoms with E-state index in [9.17, 15) is 22.8 Å². The predicted octanol–water partition coefficient (Wildman–Crippen LogP) is 7.11. The lowest BCUT2D eigenvalue weighted by Gasteiger charge is -2.19. The van der Waals surface area contributed by atoms with Crippen LogP contribution < -0.4 is 20.7 Å². The number of aromatic nitrogens is 5. The normalized spacial score (nSPS) is 13.3. The van der Waals surface area contributed by atoms with Crippen LogP contribution in [0.15, 0.2) is 67.1 Å². The molecule has 0 spiro atoms. The van der Waals surface area contributed by atoms with Crippen molar-refractivity contribution in [2.75, 3.05) is 23.1 Å². The molecule has 2 amide bonds. The molecule has 15 heteroatoms. The quantitative estimate of drug-likeness (QED) is 0.152. The number of carbonyl (C=O) groups is 2. The number of hydrogen-bond acceptors (Lipinski definition) is 8. The Labute approximate surface area is 273 Å². The van der Waals surface area contributed by atoms with Gasteiger partial charge in [-0.05, 0) is 69.5 Å². The Hall–Kier alpha value is -5.60. The third-order valence-electron chi connectivity index (χ3n) is 7.36. The number of para-hydroxylation sites is 1. The summed E-state index contributed by atoms with van der Waals surface area (Å²) in [4.78, 5) is 29.1. The van der Waals surface area contributed by atoms with Gasteiger partial charge in [0, 0.05) is 35.1 Å². The summed E-state index contributed by atoms with van der Waals surface area (Å²) in [6.45, 7) is 5.78. The maximum atomic E-state index is 13.8. The Kier molecular flexibility index (Phi) is 8.45. The molecule has 1 aliphatic carbocycles. The lowest BCUT2D eigenvalue weighted by molar-refractivity contribution is -0.138. The highest BCUT2D eigenvalue weighted by atomic mass is 19.4. The van der Waals surface area contributed by atoms with Crippen molar-refractivity contribution in [3.63, 3.8) is 0 Å². The van der Waals surface area contributed by atoms with Crippen LogP contribution in [0.4, 0.5) is 41.1 Å². The minimum absolute atomic E-state index is 0.00436. The summed E-state index contributed by atoms with van der Waals surface area (Å²) < 4.78 is 55.1. The van der Waals surface area contributed by atoms with Crippen LogP contribution in [0.2, 0.25) is 0 Å². The first kappa shape index (κ1) is 32.3. The highest BCUT2D eigenvalue weighted by Crippen LogP contribution is 2.42. The van der Waals surface area contributed by atoms with E-state index >= 15 is 0 Å². The number of halogens is 3. The second-order valence-corrected chi connectivity index (χ2v) is 12.3. The third-order valence-corrected chi connectivity index (χ3v) is 7.36. The summed E-state index contributed by atoms with van der Waals surface area (Å²) in [6.07, 6.45) is 1.48. The molecule has 3 aromatic heterocycles. The summed E-state index contributed by atoms with van der Waals surface area (Å²) in [5, 5.41) is 17.4. The zero-order chi connectivity index (χ0) is 34.2. The van der Waals surface area contributed by atoms with Crippen molar-refractivity contribution in [3.8, 4) is 16.9 Å². The average Bonchev–Trinajstić information content (AvgIpc) is 3.62. The third kappa shape index (κ3) is 7.35. The number of hydrogen-bond donors (Lipinski definition) is 3. The van der Waals surface area contributed by atoms with Crippen molar-refractivity contribution in [1.82, 2.24) is 24.4 Å². The minimum Gasteiger partial charge on any atom is -0.494 e. The molecule has 12 nitrogen and oxygen atoms in total. The van der Waals surface area contributed by atoms with Crippen LogP contribution in [0.1, 0.15) is 44.7 Å². The Morgan fingerprint density at radius 3 is 2.44 bits per heavy atom. The van der Waals surface area contributed by atoms with Gasteiger partial charge in [0.25, 0.3) is 0 Å². The van der Waals surface area contributed by atoms with E-state index in [-0.39, 0.29) is 29.3 Å². The fourth-order valence-electron chi connectivity index (χ4n) is 5.05. The van der Waals surface area contributed by atoms with Crippen molar-refractivity contribution in [3.05, 3.63) is 78.2 Å². The highest BCUT2D eigenvalue weighted by molar-refractivity contribution is 5.94. The van der Waals surface area contributed by atoms with Gasteiger partial charge in [-0.2, -0.15) is 23.3 Å². The highest BCUT2D eigenvalue weighted by Gasteiger charge is 2.35. The number of benzene rings is 2. The molecule has 250 valence electrons. The number of anilines is 4. The van der Waals surface area contributed by atoms with Gasteiger partial charge in [-0.3, -0.25) is 20.1 Å². The van der Waals surface area contributed by atoms with Gasteiger partial charge < -0.3 is 14.8 Å². The van der Waals surface area contributed by atoms with Gasteiger partial charge in [0.2, 0.25) is 11.9 Å². The number of methoxy groups -OCH3 is 1. The molecule has 1 fully saturated rings. The molecule has 0 radical (unpaired) electrons. The lowest BCUT2D eigenvalue weighted by Crippen LogP contribution is -2.27. The molecule has 0 atom stereocenters. The van der Waals surface area contributed by atoms with E-state index in [0.717, 1.165) is 31.6 Å². The molecule has 1 aliphatic rings. The molecule has 1 saturated carbocycles. The number of nitrogens with zero attached hydrogens (tertiary/aromatic N) is 5. The van der Waals surface area contributed by atoms with E-state index in [1.165, 1.54) is 16.6 Å². The van der Waals surface area contributed by atoms with E-state index in [2.05, 4.69) is 31.1 Å². The van der Waals surface area contributed by atoms with Gasteiger partial charge in [0.15, 0.2) is 11.6 Å². The molecule has 48 heavy (non-hydrogen) atoms. The summed E-state index contributed by atoms with van der Waals surface area (Å²) >= 11 is 0. The van der Waals surface area contributed by atoms with Crippen molar-refractivity contribution in [1.29, 1.82) is 0 Å². The molecule has 0 bridgehead atoms. The fraction of sp³-hybridized carbons (Fsp3) is 0.303. The number of ether oxygens (including phenoxy) is 2. The lowest BCUT2D eigenvalue weighted by atomic mass is 10.1. The Morgan fingerprint density at radius 2 is 1.77 bits per heavy atom. The summed E-state index contributed by atoms with van der Waals surface area (Å²) in [5.74, 6) is -0.601. The number of rotatable bonds is 9. The Morgan fingerprint density at radius 1 is 1.02 bits per heavy atom. The van der Waals surface area contributed by atoms with Gasteiger partial charge in [-0.1, -0.05) is 18.2 Å². The minimum atomic E-state index is -4.66. The van der Waals surface area contributed by atoms with Crippen molar-refractivity contribution >= 4 is 40.7 Å². The summed E-state index contributed by atoms with van der Waals surface area (Å²) in [6, 6.07) is 12.7. The van der Waals surface area contributed by atoms with E-state index in [1.54, 1.807) is 56.0 Å². The second-order valence-electron chi connectivity index (χ2n) is 12.3. The zero-order valence-electron chi connectivity index (χ0n) is 26.6. The SMILES string of the molecule is COc1c(Nc2nc(NC(=O)C3CC3)nn3ccc(-c4cnn(Cc5ccc(NC(=O)OC(C)(C)C)cc5)c4)c23)cccc1C(F)(F)F. The van der Waals surface area contributed by atoms with E-state index in [1.807, 2.05) is 18.3 Å². The fourth-order valence-corrected chi connectivity index (χ4v) is 5.05. The van der Waals surface area contributed by atoms with E-state index < -0.39 is 29.2 Å². The monoisotopic (exact) mass is 662 g/mol. The molecule has 5 aromatic rings. The number of fused-ring (bicyclic) bond motifs is 1.